The van der Waals surface area contributed by atoms with E-state index >= 15 is 0 Å². The number of aromatic nitrogens is 2. The van der Waals surface area contributed by atoms with Gasteiger partial charge in [-0.25, -0.2) is 28.1 Å². The van der Waals surface area contributed by atoms with Crippen LogP contribution in [0, 0.1) is 0 Å². The molecule has 1 saturated carbocycles. The van der Waals surface area contributed by atoms with E-state index in [2.05, 4.69) is 24.7 Å². The van der Waals surface area contributed by atoms with E-state index in [1.807, 2.05) is 4.90 Å². The fourth-order valence-corrected chi connectivity index (χ4v) is 4.76. The van der Waals surface area contributed by atoms with Crippen LogP contribution in [0.5, 0.6) is 0 Å². The number of nitrogens with zero attached hydrogens (tertiary/aromatic N) is 5. The third kappa shape index (κ3) is 3.73. The van der Waals surface area contributed by atoms with E-state index < -0.39 is 15.7 Å². The molecule has 2 aromatic rings. The molecule has 0 radical (unpaired) electrons. The van der Waals surface area contributed by atoms with E-state index in [-0.39, 0.29) is 22.8 Å². The zero-order valence-corrected chi connectivity index (χ0v) is 16.5. The molecule has 5 N–H and O–H groups in total. The molecule has 1 aromatic carbocycles. The molecule has 152 valence electrons. The number of nitrogens with two attached hydrogens (primary N) is 2. The SMILES string of the molecule is NC1=NC2(CCCCC2)N(c2ccc(S(=O)(=O)Nc3ncccn3)cc2)C(N)=N1. The van der Waals surface area contributed by atoms with E-state index in [4.69, 9.17) is 11.5 Å². The van der Waals surface area contributed by atoms with E-state index in [1.54, 1.807) is 18.2 Å². The van der Waals surface area contributed by atoms with Gasteiger partial charge in [0.05, 0.1) is 4.90 Å². The van der Waals surface area contributed by atoms with Gasteiger partial charge in [-0.1, -0.05) is 6.42 Å². The summed E-state index contributed by atoms with van der Waals surface area (Å²) >= 11 is 0. The highest BCUT2D eigenvalue weighted by atomic mass is 32.2. The van der Waals surface area contributed by atoms with Crippen molar-refractivity contribution in [1.29, 1.82) is 0 Å². The number of sulfonamides is 1. The molecule has 11 heteroatoms. The number of aliphatic imine (C=N–C) groups is 2. The molecule has 0 bridgehead atoms. The average molecular weight is 414 g/mol. The molecule has 2 heterocycles. The average Bonchev–Trinajstić information content (AvgIpc) is 2.69. The molecule has 1 aliphatic carbocycles. The van der Waals surface area contributed by atoms with Crippen LogP contribution in [0.2, 0.25) is 0 Å². The van der Waals surface area contributed by atoms with Crippen molar-refractivity contribution < 1.29 is 8.42 Å². The second kappa shape index (κ2) is 7.32. The van der Waals surface area contributed by atoms with Crippen LogP contribution in [0.3, 0.4) is 0 Å². The number of benzene rings is 1. The fourth-order valence-electron chi connectivity index (χ4n) is 3.80. The molecule has 1 aliphatic heterocycles. The Morgan fingerprint density at radius 2 is 1.66 bits per heavy atom. The maximum Gasteiger partial charge on any atom is 0.264 e. The third-order valence-corrected chi connectivity index (χ3v) is 6.39. The molecule has 1 spiro atoms. The number of rotatable bonds is 4. The smallest absolute Gasteiger partial charge is 0.264 e. The summed E-state index contributed by atoms with van der Waals surface area (Å²) < 4.78 is 27.6. The molecule has 1 aromatic heterocycles. The molecule has 4 rings (SSSR count). The summed E-state index contributed by atoms with van der Waals surface area (Å²) in [5, 5.41) is 0. The second-order valence-corrected chi connectivity index (χ2v) is 8.67. The lowest BCUT2D eigenvalue weighted by Gasteiger charge is -2.45. The Bertz CT molecular complexity index is 1050. The molecule has 1 fully saturated rings. The highest BCUT2D eigenvalue weighted by Gasteiger charge is 2.42. The zero-order valence-electron chi connectivity index (χ0n) is 15.7. The predicted molar refractivity (Wildman–Crippen MR) is 111 cm³/mol. The van der Waals surface area contributed by atoms with Crippen molar-refractivity contribution in [2.24, 2.45) is 21.5 Å². The number of anilines is 2. The van der Waals surface area contributed by atoms with Crippen LogP contribution in [-0.2, 0) is 10.0 Å². The van der Waals surface area contributed by atoms with Crippen molar-refractivity contribution in [2.45, 2.75) is 42.7 Å². The highest BCUT2D eigenvalue weighted by molar-refractivity contribution is 7.92. The summed E-state index contributed by atoms with van der Waals surface area (Å²) in [6, 6.07) is 8.00. The summed E-state index contributed by atoms with van der Waals surface area (Å²) in [7, 11) is -3.82. The van der Waals surface area contributed by atoms with Crippen LogP contribution >= 0.6 is 0 Å². The first-order valence-corrected chi connectivity index (χ1v) is 10.8. The molecule has 0 amide bonds. The van der Waals surface area contributed by atoms with Gasteiger partial charge in [0.15, 0.2) is 0 Å². The normalized spacial score (nSPS) is 18.8. The summed E-state index contributed by atoms with van der Waals surface area (Å²) in [4.78, 5) is 18.4. The van der Waals surface area contributed by atoms with E-state index in [1.165, 1.54) is 24.5 Å². The van der Waals surface area contributed by atoms with Crippen molar-refractivity contribution in [2.75, 3.05) is 9.62 Å². The van der Waals surface area contributed by atoms with Crippen LogP contribution in [0.1, 0.15) is 32.1 Å². The maximum atomic E-state index is 12.6. The standard InChI is InChI=1S/C18H22N8O2S/c19-15-23-16(20)26(18(24-15)9-2-1-3-10-18)13-5-7-14(8-6-13)29(27,28)25-17-21-11-4-12-22-17/h4-8,11-12H,1-3,9-10H2,(H,21,22,25)(H4,19,20,23,24). The van der Waals surface area contributed by atoms with Crippen LogP contribution in [-0.4, -0.2) is 36.0 Å². The second-order valence-electron chi connectivity index (χ2n) is 6.99. The highest BCUT2D eigenvalue weighted by Crippen LogP contribution is 2.39. The fraction of sp³-hybridized carbons (Fsp3) is 0.333. The molecule has 29 heavy (non-hydrogen) atoms. The molecule has 2 aliphatic rings. The van der Waals surface area contributed by atoms with E-state index in [9.17, 15) is 8.42 Å². The van der Waals surface area contributed by atoms with E-state index in [0.717, 1.165) is 32.1 Å². The minimum absolute atomic E-state index is 0.00922. The first kappa shape index (κ1) is 19.1. The lowest BCUT2D eigenvalue weighted by molar-refractivity contribution is 0.305. The maximum absolute atomic E-state index is 12.6. The van der Waals surface area contributed by atoms with Crippen molar-refractivity contribution in [1.82, 2.24) is 9.97 Å². The summed E-state index contributed by atoms with van der Waals surface area (Å²) in [5.41, 5.74) is 12.2. The van der Waals surface area contributed by atoms with Crippen LogP contribution < -0.4 is 21.1 Å². The Kier molecular flexibility index (Phi) is 4.82. The summed E-state index contributed by atoms with van der Waals surface area (Å²) in [6.07, 6.45) is 7.67. The number of guanidine groups is 2. The quantitative estimate of drug-likeness (QED) is 0.683. The molecular weight excluding hydrogens is 392 g/mol. The monoisotopic (exact) mass is 414 g/mol. The first-order valence-electron chi connectivity index (χ1n) is 9.29. The zero-order chi connectivity index (χ0) is 20.5. The van der Waals surface area contributed by atoms with Gasteiger partial charge in [0, 0.05) is 18.1 Å². The molecule has 10 nitrogen and oxygen atoms in total. The molecule has 0 saturated heterocycles. The molecular formula is C18H22N8O2S. The van der Waals surface area contributed by atoms with Crippen molar-refractivity contribution in [3.8, 4) is 0 Å². The van der Waals surface area contributed by atoms with Crippen LogP contribution in [0.4, 0.5) is 11.6 Å². The van der Waals surface area contributed by atoms with Gasteiger partial charge < -0.3 is 11.5 Å². The molecule has 0 atom stereocenters. The topological polar surface area (TPSA) is 152 Å². The Hall–Kier alpha value is -3.21. The lowest BCUT2D eigenvalue weighted by Crippen LogP contribution is -2.58. The number of nitrogens with one attached hydrogen (secondary N) is 1. The largest absolute Gasteiger partial charge is 0.369 e. The van der Waals surface area contributed by atoms with Crippen molar-refractivity contribution >= 4 is 33.6 Å². The number of hydrogen-bond donors (Lipinski definition) is 3. The third-order valence-electron chi connectivity index (χ3n) is 5.05. The van der Waals surface area contributed by atoms with Gasteiger partial charge in [-0.05, 0) is 56.0 Å². The van der Waals surface area contributed by atoms with Gasteiger partial charge in [-0.15, -0.1) is 0 Å². The Labute approximate surface area is 168 Å². The van der Waals surface area contributed by atoms with Crippen molar-refractivity contribution in [3.63, 3.8) is 0 Å². The van der Waals surface area contributed by atoms with Gasteiger partial charge in [-0.2, -0.15) is 4.99 Å². The predicted octanol–water partition coefficient (Wildman–Crippen LogP) is 1.39. The van der Waals surface area contributed by atoms with Crippen LogP contribution in [0.25, 0.3) is 0 Å². The van der Waals surface area contributed by atoms with Gasteiger partial charge in [0.2, 0.25) is 17.9 Å². The Morgan fingerprint density at radius 3 is 2.31 bits per heavy atom. The van der Waals surface area contributed by atoms with Crippen LogP contribution in [0.15, 0.2) is 57.6 Å². The Balaban J connectivity index is 1.64. The first-order chi connectivity index (χ1) is 13.9. The van der Waals surface area contributed by atoms with Gasteiger partial charge in [0.25, 0.3) is 10.0 Å². The number of hydrogen-bond acceptors (Lipinski definition) is 9. The Morgan fingerprint density at radius 1 is 1.00 bits per heavy atom. The minimum atomic E-state index is -3.82. The summed E-state index contributed by atoms with van der Waals surface area (Å²) in [6.45, 7) is 0. The van der Waals surface area contributed by atoms with Gasteiger partial charge >= 0.3 is 0 Å². The van der Waals surface area contributed by atoms with Gasteiger partial charge in [-0.3, -0.25) is 4.90 Å². The minimum Gasteiger partial charge on any atom is -0.369 e. The summed E-state index contributed by atoms with van der Waals surface area (Å²) in [5.74, 6) is 0.438. The molecule has 0 unspecified atom stereocenters. The lowest BCUT2D eigenvalue weighted by atomic mass is 9.87. The van der Waals surface area contributed by atoms with E-state index in [0.29, 0.717) is 5.69 Å². The van der Waals surface area contributed by atoms with Gasteiger partial charge in [0.1, 0.15) is 5.66 Å². The van der Waals surface area contributed by atoms with Crippen molar-refractivity contribution in [3.05, 3.63) is 42.7 Å².